The summed E-state index contributed by atoms with van der Waals surface area (Å²) < 4.78 is 25.8. The van der Waals surface area contributed by atoms with E-state index in [0.29, 0.717) is 23.0 Å². The third-order valence-corrected chi connectivity index (χ3v) is 4.91. The van der Waals surface area contributed by atoms with E-state index in [0.717, 1.165) is 15.1 Å². The van der Waals surface area contributed by atoms with Gasteiger partial charge in [0.15, 0.2) is 16.6 Å². The molecule has 3 aromatic rings. The van der Waals surface area contributed by atoms with Crippen molar-refractivity contribution in [2.45, 2.75) is 6.54 Å². The van der Waals surface area contributed by atoms with Crippen molar-refractivity contribution in [3.8, 4) is 27.1 Å². The summed E-state index contributed by atoms with van der Waals surface area (Å²) >= 11 is 1.33. The van der Waals surface area contributed by atoms with Gasteiger partial charge in [-0.3, -0.25) is 0 Å². The molecule has 0 bridgehead atoms. The van der Waals surface area contributed by atoms with Crippen molar-refractivity contribution >= 4 is 11.3 Å². The molecule has 0 atom stereocenters. The first-order valence-electron chi connectivity index (χ1n) is 7.68. The van der Waals surface area contributed by atoms with Gasteiger partial charge >= 0.3 is 5.69 Å². The Balaban J connectivity index is 1.63. The molecule has 0 saturated heterocycles. The van der Waals surface area contributed by atoms with E-state index in [1.807, 2.05) is 18.2 Å². The van der Waals surface area contributed by atoms with Gasteiger partial charge in [0.25, 0.3) is 0 Å². The molecular formula is C16H14FN5O3S. The van der Waals surface area contributed by atoms with Gasteiger partial charge in [-0.05, 0) is 29.3 Å². The number of fused-ring (bicyclic) bond motifs is 1. The first-order valence-corrected chi connectivity index (χ1v) is 8.50. The Morgan fingerprint density at radius 2 is 2.23 bits per heavy atom. The Bertz CT molecular complexity index is 1040. The van der Waals surface area contributed by atoms with Crippen LogP contribution in [0.25, 0.3) is 15.6 Å². The highest BCUT2D eigenvalue weighted by Crippen LogP contribution is 2.37. The number of rotatable bonds is 5. The summed E-state index contributed by atoms with van der Waals surface area (Å²) in [5, 5.41) is 4.46. The van der Waals surface area contributed by atoms with Crippen LogP contribution in [0.3, 0.4) is 0 Å². The third-order valence-electron chi connectivity index (χ3n) is 3.86. The SMILES string of the molecule is NC/C(=C/F)Cn1ncn(-c2ncc(-c3ccc4c(c3)OCO4)s2)c1=O. The second-order valence-electron chi connectivity index (χ2n) is 5.49. The zero-order chi connectivity index (χ0) is 18.1. The van der Waals surface area contributed by atoms with Gasteiger partial charge in [-0.25, -0.2) is 23.4 Å². The highest BCUT2D eigenvalue weighted by molar-refractivity contribution is 7.17. The number of thiazole rings is 1. The summed E-state index contributed by atoms with van der Waals surface area (Å²) in [5.74, 6) is 1.38. The Kier molecular flexibility index (Phi) is 4.27. The molecular weight excluding hydrogens is 361 g/mol. The Labute approximate surface area is 150 Å². The number of hydrogen-bond donors (Lipinski definition) is 1. The van der Waals surface area contributed by atoms with Gasteiger partial charge < -0.3 is 15.2 Å². The molecule has 0 fully saturated rings. The predicted molar refractivity (Wildman–Crippen MR) is 93.3 cm³/mol. The number of nitrogens with zero attached hydrogens (tertiary/aromatic N) is 4. The number of halogens is 1. The zero-order valence-electron chi connectivity index (χ0n) is 13.5. The van der Waals surface area contributed by atoms with Gasteiger partial charge in [0.2, 0.25) is 6.79 Å². The lowest BCUT2D eigenvalue weighted by Gasteiger charge is -2.00. The molecule has 2 N–H and O–H groups in total. The Morgan fingerprint density at radius 3 is 3.04 bits per heavy atom. The third kappa shape index (κ3) is 2.89. The summed E-state index contributed by atoms with van der Waals surface area (Å²) in [6.45, 7) is 0.222. The van der Waals surface area contributed by atoms with Crippen molar-refractivity contribution in [3.63, 3.8) is 0 Å². The van der Waals surface area contributed by atoms with Crippen LogP contribution in [0.4, 0.5) is 4.39 Å². The molecule has 134 valence electrons. The van der Waals surface area contributed by atoms with Gasteiger partial charge in [0, 0.05) is 12.7 Å². The summed E-state index contributed by atoms with van der Waals surface area (Å²) in [6.07, 6.45) is 3.43. The van der Waals surface area contributed by atoms with E-state index in [9.17, 15) is 9.18 Å². The van der Waals surface area contributed by atoms with Crippen LogP contribution in [0, 0.1) is 0 Å². The molecule has 26 heavy (non-hydrogen) atoms. The van der Waals surface area contributed by atoms with Crippen LogP contribution in [0.1, 0.15) is 0 Å². The number of hydrogen-bond acceptors (Lipinski definition) is 7. The van der Waals surface area contributed by atoms with E-state index in [1.165, 1.54) is 22.2 Å². The lowest BCUT2D eigenvalue weighted by Crippen LogP contribution is -2.25. The number of benzene rings is 1. The van der Waals surface area contributed by atoms with Crippen molar-refractivity contribution < 1.29 is 13.9 Å². The maximum Gasteiger partial charge on any atom is 0.352 e. The van der Waals surface area contributed by atoms with Gasteiger partial charge in [-0.1, -0.05) is 11.3 Å². The molecule has 4 rings (SSSR count). The van der Waals surface area contributed by atoms with E-state index in [4.69, 9.17) is 15.2 Å². The van der Waals surface area contributed by atoms with Crippen molar-refractivity contribution in [1.29, 1.82) is 0 Å². The number of nitrogens with two attached hydrogens (primary N) is 1. The normalized spacial score (nSPS) is 13.4. The second kappa shape index (κ2) is 6.73. The molecule has 0 unspecified atom stereocenters. The average Bonchev–Trinajstić information content (AvgIpc) is 3.39. The van der Waals surface area contributed by atoms with Crippen LogP contribution in [-0.2, 0) is 6.54 Å². The molecule has 0 aliphatic carbocycles. The van der Waals surface area contributed by atoms with E-state index >= 15 is 0 Å². The summed E-state index contributed by atoms with van der Waals surface area (Å²) in [6, 6.07) is 5.60. The van der Waals surface area contributed by atoms with Crippen molar-refractivity contribution in [2.24, 2.45) is 5.73 Å². The standard InChI is InChI=1S/C16H14FN5O3S/c17-4-10(5-18)7-22-16(23)21(8-20-22)15-19-6-14(26-15)11-1-2-12-13(3-11)25-9-24-12/h1-4,6,8H,5,7,9,18H2/b10-4-. The first kappa shape index (κ1) is 16.5. The minimum absolute atomic E-state index is 0.000767. The van der Waals surface area contributed by atoms with Gasteiger partial charge in [-0.15, -0.1) is 0 Å². The molecule has 3 heterocycles. The fourth-order valence-corrected chi connectivity index (χ4v) is 3.35. The van der Waals surface area contributed by atoms with Crippen LogP contribution in [0.5, 0.6) is 11.5 Å². The quantitative estimate of drug-likeness (QED) is 0.729. The second-order valence-corrected chi connectivity index (χ2v) is 6.50. The zero-order valence-corrected chi connectivity index (χ0v) is 14.3. The predicted octanol–water partition coefficient (Wildman–Crippen LogP) is 1.70. The van der Waals surface area contributed by atoms with Crippen LogP contribution >= 0.6 is 11.3 Å². The molecule has 0 radical (unpaired) electrons. The van der Waals surface area contributed by atoms with Gasteiger partial charge in [0.1, 0.15) is 6.33 Å². The maximum atomic E-state index is 12.7. The van der Waals surface area contributed by atoms with Crippen molar-refractivity contribution in [2.75, 3.05) is 13.3 Å². The fraction of sp³-hybridized carbons (Fsp3) is 0.188. The minimum atomic E-state index is -0.413. The molecule has 1 aromatic carbocycles. The fourth-order valence-electron chi connectivity index (χ4n) is 2.47. The highest BCUT2D eigenvalue weighted by atomic mass is 32.1. The number of ether oxygens (including phenoxy) is 2. The molecule has 10 heteroatoms. The first-order chi connectivity index (χ1) is 12.7. The Morgan fingerprint density at radius 1 is 1.38 bits per heavy atom. The summed E-state index contributed by atoms with van der Waals surface area (Å²) in [7, 11) is 0. The maximum absolute atomic E-state index is 12.7. The lowest BCUT2D eigenvalue weighted by molar-refractivity contribution is 0.174. The largest absolute Gasteiger partial charge is 0.454 e. The number of aromatic nitrogens is 4. The van der Waals surface area contributed by atoms with Crippen LogP contribution in [0.2, 0.25) is 0 Å². The van der Waals surface area contributed by atoms with Gasteiger partial charge in [-0.2, -0.15) is 5.10 Å². The van der Waals surface area contributed by atoms with E-state index in [1.54, 1.807) is 6.20 Å². The molecule has 0 amide bonds. The van der Waals surface area contributed by atoms with E-state index in [2.05, 4.69) is 10.1 Å². The minimum Gasteiger partial charge on any atom is -0.454 e. The molecule has 0 saturated carbocycles. The van der Waals surface area contributed by atoms with Crippen LogP contribution in [0.15, 0.2) is 47.4 Å². The lowest BCUT2D eigenvalue weighted by atomic mass is 10.2. The van der Waals surface area contributed by atoms with Crippen LogP contribution in [-0.4, -0.2) is 32.7 Å². The monoisotopic (exact) mass is 375 g/mol. The van der Waals surface area contributed by atoms with Crippen LogP contribution < -0.4 is 20.9 Å². The summed E-state index contributed by atoms with van der Waals surface area (Å²) in [5.41, 5.74) is 6.19. The van der Waals surface area contributed by atoms with Gasteiger partial charge in [0.05, 0.1) is 17.8 Å². The molecule has 1 aliphatic heterocycles. The molecule has 0 spiro atoms. The van der Waals surface area contributed by atoms with Crippen molar-refractivity contribution in [1.82, 2.24) is 19.3 Å². The highest BCUT2D eigenvalue weighted by Gasteiger charge is 2.16. The molecule has 2 aromatic heterocycles. The van der Waals surface area contributed by atoms with E-state index < -0.39 is 5.69 Å². The summed E-state index contributed by atoms with van der Waals surface area (Å²) in [4.78, 5) is 17.6. The van der Waals surface area contributed by atoms with E-state index in [-0.39, 0.29) is 25.5 Å². The smallest absolute Gasteiger partial charge is 0.352 e. The molecule has 8 nitrogen and oxygen atoms in total. The van der Waals surface area contributed by atoms with Crippen molar-refractivity contribution in [3.05, 3.63) is 53.1 Å². The topological polar surface area (TPSA) is 97.2 Å². The Hall–Kier alpha value is -2.98. The average molecular weight is 375 g/mol. The molecule has 1 aliphatic rings.